The standard InChI is InChI=1S/C15H20O2.C2H6/c1-12(16)15(17,13-8-4-2-5-9-13)14-10-6-3-7-11-14;1-2/h2,4-5,8-9,14,17H,3,6-7,10-11H2,1H3;1-2H3. The van der Waals surface area contributed by atoms with Gasteiger partial charge in [-0.3, -0.25) is 4.79 Å². The van der Waals surface area contributed by atoms with Crippen LogP contribution in [0.15, 0.2) is 30.3 Å². The van der Waals surface area contributed by atoms with E-state index in [9.17, 15) is 9.90 Å². The van der Waals surface area contributed by atoms with Gasteiger partial charge in [-0.25, -0.2) is 0 Å². The first kappa shape index (κ1) is 15.9. The highest BCUT2D eigenvalue weighted by Crippen LogP contribution is 2.39. The zero-order valence-electron chi connectivity index (χ0n) is 12.4. The van der Waals surface area contributed by atoms with Crippen molar-refractivity contribution in [3.05, 3.63) is 35.9 Å². The van der Waals surface area contributed by atoms with Gasteiger partial charge >= 0.3 is 0 Å². The van der Waals surface area contributed by atoms with Gasteiger partial charge < -0.3 is 5.11 Å². The molecule has 1 N–H and O–H groups in total. The molecule has 1 saturated carbocycles. The Kier molecular flexibility index (Phi) is 6.23. The van der Waals surface area contributed by atoms with Crippen LogP contribution in [-0.4, -0.2) is 10.9 Å². The third-order valence-corrected chi connectivity index (χ3v) is 3.95. The summed E-state index contributed by atoms with van der Waals surface area (Å²) >= 11 is 0. The van der Waals surface area contributed by atoms with Crippen molar-refractivity contribution < 1.29 is 9.90 Å². The average molecular weight is 262 g/mol. The monoisotopic (exact) mass is 262 g/mol. The lowest BCUT2D eigenvalue weighted by Crippen LogP contribution is -2.42. The van der Waals surface area contributed by atoms with Crippen molar-refractivity contribution in [3.8, 4) is 0 Å². The van der Waals surface area contributed by atoms with Gasteiger partial charge in [-0.05, 0) is 31.2 Å². The van der Waals surface area contributed by atoms with Crippen molar-refractivity contribution in [3.63, 3.8) is 0 Å². The van der Waals surface area contributed by atoms with Crippen LogP contribution in [0, 0.1) is 5.92 Å². The highest BCUT2D eigenvalue weighted by Gasteiger charge is 2.42. The normalized spacial score (nSPS) is 18.9. The van der Waals surface area contributed by atoms with Crippen molar-refractivity contribution in [2.75, 3.05) is 0 Å². The second-order valence-electron chi connectivity index (χ2n) is 5.02. The molecule has 1 fully saturated rings. The zero-order chi connectivity index (χ0) is 14.3. The van der Waals surface area contributed by atoms with E-state index in [1.54, 1.807) is 0 Å². The van der Waals surface area contributed by atoms with Crippen LogP contribution in [-0.2, 0) is 10.4 Å². The van der Waals surface area contributed by atoms with E-state index in [1.165, 1.54) is 13.3 Å². The first-order valence-electron chi connectivity index (χ1n) is 7.44. The van der Waals surface area contributed by atoms with E-state index in [-0.39, 0.29) is 11.7 Å². The number of hydrogen-bond acceptors (Lipinski definition) is 2. The summed E-state index contributed by atoms with van der Waals surface area (Å²) in [6.07, 6.45) is 5.36. The molecule has 1 unspecified atom stereocenters. The van der Waals surface area contributed by atoms with Crippen LogP contribution in [0.5, 0.6) is 0 Å². The number of benzene rings is 1. The maximum absolute atomic E-state index is 11.9. The quantitative estimate of drug-likeness (QED) is 0.891. The van der Waals surface area contributed by atoms with E-state index in [0.717, 1.165) is 31.2 Å². The van der Waals surface area contributed by atoms with Crippen LogP contribution < -0.4 is 0 Å². The van der Waals surface area contributed by atoms with Gasteiger partial charge in [0, 0.05) is 0 Å². The lowest BCUT2D eigenvalue weighted by molar-refractivity contribution is -0.144. The highest BCUT2D eigenvalue weighted by atomic mass is 16.3. The van der Waals surface area contributed by atoms with Gasteiger partial charge in [0.2, 0.25) is 0 Å². The second kappa shape index (κ2) is 7.44. The Morgan fingerprint density at radius 2 is 1.63 bits per heavy atom. The van der Waals surface area contributed by atoms with E-state index < -0.39 is 5.60 Å². The first-order valence-corrected chi connectivity index (χ1v) is 7.44. The number of rotatable bonds is 3. The summed E-state index contributed by atoms with van der Waals surface area (Å²) in [4.78, 5) is 11.9. The third kappa shape index (κ3) is 3.44. The molecular formula is C17H26O2. The molecule has 2 rings (SSSR count). The summed E-state index contributed by atoms with van der Waals surface area (Å²) in [6, 6.07) is 9.38. The minimum atomic E-state index is -1.28. The molecule has 0 aliphatic heterocycles. The Labute approximate surface area is 116 Å². The number of aliphatic hydroxyl groups is 1. The molecule has 106 valence electrons. The van der Waals surface area contributed by atoms with Crippen molar-refractivity contribution in [2.24, 2.45) is 5.92 Å². The Morgan fingerprint density at radius 1 is 1.11 bits per heavy atom. The fourth-order valence-electron chi connectivity index (χ4n) is 2.94. The van der Waals surface area contributed by atoms with Crippen LogP contribution in [0.2, 0.25) is 0 Å². The molecule has 0 bridgehead atoms. The molecule has 0 heterocycles. The predicted molar refractivity (Wildman–Crippen MR) is 78.9 cm³/mol. The summed E-state index contributed by atoms with van der Waals surface area (Å²) in [5.41, 5.74) is -0.527. The Morgan fingerprint density at radius 3 is 2.11 bits per heavy atom. The molecule has 1 aromatic rings. The number of carbonyl (C=O) groups excluding carboxylic acids is 1. The van der Waals surface area contributed by atoms with Crippen molar-refractivity contribution >= 4 is 5.78 Å². The Balaban J connectivity index is 0.000000861. The number of carbonyl (C=O) groups is 1. The van der Waals surface area contributed by atoms with Gasteiger partial charge in [-0.2, -0.15) is 0 Å². The average Bonchev–Trinajstić information content (AvgIpc) is 2.50. The zero-order valence-corrected chi connectivity index (χ0v) is 12.4. The molecule has 0 amide bonds. The summed E-state index contributed by atoms with van der Waals surface area (Å²) in [5, 5.41) is 10.8. The summed E-state index contributed by atoms with van der Waals surface area (Å²) in [5.74, 6) is -0.0493. The molecule has 1 aromatic carbocycles. The van der Waals surface area contributed by atoms with Gasteiger partial charge in [-0.1, -0.05) is 63.4 Å². The molecule has 0 spiro atoms. The van der Waals surface area contributed by atoms with E-state index in [0.29, 0.717) is 0 Å². The minimum absolute atomic E-state index is 0.0798. The van der Waals surface area contributed by atoms with E-state index >= 15 is 0 Å². The molecule has 0 saturated heterocycles. The van der Waals surface area contributed by atoms with Gasteiger partial charge in [0.1, 0.15) is 0 Å². The lowest BCUT2D eigenvalue weighted by atomic mass is 9.71. The van der Waals surface area contributed by atoms with Crippen molar-refractivity contribution in [2.45, 2.75) is 58.5 Å². The Hall–Kier alpha value is -1.15. The van der Waals surface area contributed by atoms with Crippen molar-refractivity contribution in [1.29, 1.82) is 0 Å². The van der Waals surface area contributed by atoms with Gasteiger partial charge in [0.15, 0.2) is 11.4 Å². The molecule has 19 heavy (non-hydrogen) atoms. The van der Waals surface area contributed by atoms with Crippen LogP contribution in [0.4, 0.5) is 0 Å². The molecule has 1 aliphatic carbocycles. The number of Topliss-reactive ketones (excluding diaryl/α,β-unsaturated/α-hetero) is 1. The molecule has 2 nitrogen and oxygen atoms in total. The van der Waals surface area contributed by atoms with E-state index in [4.69, 9.17) is 0 Å². The predicted octanol–water partition coefficient (Wildman–Crippen LogP) is 4.07. The maximum atomic E-state index is 11.9. The fourth-order valence-corrected chi connectivity index (χ4v) is 2.94. The maximum Gasteiger partial charge on any atom is 0.166 e. The summed E-state index contributed by atoms with van der Waals surface area (Å²) < 4.78 is 0. The van der Waals surface area contributed by atoms with Crippen molar-refractivity contribution in [1.82, 2.24) is 0 Å². The van der Waals surface area contributed by atoms with Gasteiger partial charge in [0.05, 0.1) is 0 Å². The summed E-state index contributed by atoms with van der Waals surface area (Å²) in [6.45, 7) is 5.50. The Bertz CT molecular complexity index is 380. The van der Waals surface area contributed by atoms with Crippen LogP contribution in [0.25, 0.3) is 0 Å². The molecular weight excluding hydrogens is 236 g/mol. The van der Waals surface area contributed by atoms with Crippen LogP contribution in [0.1, 0.15) is 58.4 Å². The SMILES string of the molecule is CC.CC(=O)C(O)(c1ccccc1)C1CCCCC1. The third-order valence-electron chi connectivity index (χ3n) is 3.95. The minimum Gasteiger partial charge on any atom is -0.377 e. The molecule has 0 aromatic heterocycles. The first-order chi connectivity index (χ1) is 9.15. The molecule has 1 aliphatic rings. The van der Waals surface area contributed by atoms with Gasteiger partial charge in [-0.15, -0.1) is 0 Å². The summed E-state index contributed by atoms with van der Waals surface area (Å²) in [7, 11) is 0. The van der Waals surface area contributed by atoms with Gasteiger partial charge in [0.25, 0.3) is 0 Å². The number of hydrogen-bond donors (Lipinski definition) is 1. The largest absolute Gasteiger partial charge is 0.377 e. The van der Waals surface area contributed by atoms with E-state index in [2.05, 4.69) is 0 Å². The fraction of sp³-hybridized carbons (Fsp3) is 0.588. The molecule has 0 radical (unpaired) electrons. The smallest absolute Gasteiger partial charge is 0.166 e. The van der Waals surface area contributed by atoms with E-state index in [1.807, 2.05) is 44.2 Å². The molecule has 1 atom stereocenters. The lowest BCUT2D eigenvalue weighted by Gasteiger charge is -2.37. The highest BCUT2D eigenvalue weighted by molar-refractivity contribution is 5.86. The van der Waals surface area contributed by atoms with Crippen LogP contribution in [0.3, 0.4) is 0 Å². The topological polar surface area (TPSA) is 37.3 Å². The second-order valence-corrected chi connectivity index (χ2v) is 5.02. The number of ketones is 1. The van der Waals surface area contributed by atoms with Crippen LogP contribution >= 0.6 is 0 Å². The molecule has 2 heteroatoms.